The Kier molecular flexibility index (Phi) is 5.11. The molecule has 0 aliphatic carbocycles. The summed E-state index contributed by atoms with van der Waals surface area (Å²) in [7, 11) is 3.20. The molecular weight excluding hydrogens is 332 g/mol. The fourth-order valence-electron chi connectivity index (χ4n) is 3.67. The summed E-state index contributed by atoms with van der Waals surface area (Å²) in [5.74, 6) is 0.953. The van der Waals surface area contributed by atoms with Gasteiger partial charge in [0.15, 0.2) is 0 Å². The maximum atomic E-state index is 12.8. The highest BCUT2D eigenvalue weighted by Gasteiger charge is 2.55. The third-order valence-corrected chi connectivity index (χ3v) is 5.45. The smallest absolute Gasteiger partial charge is 0.270 e. The molecule has 0 aromatic heterocycles. The van der Waals surface area contributed by atoms with Gasteiger partial charge in [-0.3, -0.25) is 14.6 Å². The molecule has 1 fully saturated rings. The number of hydrazone groups is 1. The van der Waals surface area contributed by atoms with Crippen LogP contribution in [-0.2, 0) is 4.79 Å². The van der Waals surface area contributed by atoms with Crippen LogP contribution in [0.5, 0.6) is 0 Å². The van der Waals surface area contributed by atoms with Crippen LogP contribution in [0.3, 0.4) is 0 Å². The molecule has 0 aromatic carbocycles. The van der Waals surface area contributed by atoms with Crippen molar-refractivity contribution in [2.75, 3.05) is 20.6 Å². The van der Waals surface area contributed by atoms with Crippen molar-refractivity contribution in [1.82, 2.24) is 14.8 Å². The number of urea groups is 1. The van der Waals surface area contributed by atoms with Crippen molar-refractivity contribution in [3.05, 3.63) is 0 Å². The number of imide groups is 1. The average Bonchev–Trinajstić information content (AvgIpc) is 3.03. The molecule has 0 radical (unpaired) electrons. The third-order valence-electron chi connectivity index (χ3n) is 5.45. The number of hydrogen-bond acceptors (Lipinski definition) is 5. The number of guanidine groups is 1. The van der Waals surface area contributed by atoms with Gasteiger partial charge >= 0.3 is 12.0 Å². The van der Waals surface area contributed by atoms with Gasteiger partial charge in [-0.1, -0.05) is 37.6 Å². The highest BCUT2D eigenvalue weighted by Crippen LogP contribution is 2.25. The Morgan fingerprint density at radius 1 is 1.08 bits per heavy atom. The monoisotopic (exact) mass is 361 g/mol. The van der Waals surface area contributed by atoms with Crippen LogP contribution >= 0.6 is 0 Å². The van der Waals surface area contributed by atoms with Crippen LogP contribution in [0, 0.1) is 0 Å². The minimum absolute atomic E-state index is 0.0356. The number of aliphatic imine (C=N–C) groups is 1. The number of nitrogens with zero attached hydrogens (tertiary/aromatic N) is 6. The molecule has 0 bridgehead atoms. The van der Waals surface area contributed by atoms with Gasteiger partial charge in [-0.25, -0.2) is 9.37 Å². The van der Waals surface area contributed by atoms with Gasteiger partial charge < -0.3 is 0 Å². The van der Waals surface area contributed by atoms with Crippen LogP contribution in [0.25, 0.3) is 0 Å². The summed E-state index contributed by atoms with van der Waals surface area (Å²) in [6.45, 7) is 6.98. The van der Waals surface area contributed by atoms with Crippen molar-refractivity contribution >= 4 is 29.4 Å². The van der Waals surface area contributed by atoms with Gasteiger partial charge in [0, 0.05) is 14.1 Å². The highest BCUT2D eigenvalue weighted by molar-refractivity contribution is 6.23. The fourth-order valence-corrected chi connectivity index (χ4v) is 3.67. The van der Waals surface area contributed by atoms with Gasteiger partial charge in [0.1, 0.15) is 6.04 Å². The zero-order valence-electron chi connectivity index (χ0n) is 16.4. The Bertz CT molecular complexity index is 710. The quantitative estimate of drug-likeness (QED) is 0.534. The zero-order valence-corrected chi connectivity index (χ0v) is 16.4. The minimum Gasteiger partial charge on any atom is -0.270 e. The largest absolute Gasteiger partial charge is 0.416 e. The first-order valence-electron chi connectivity index (χ1n) is 9.50. The topological polar surface area (TPSA) is 71.6 Å². The summed E-state index contributed by atoms with van der Waals surface area (Å²) in [6.07, 6.45) is 5.87. The maximum absolute atomic E-state index is 12.8. The number of fused-ring (bicyclic) bond motifs is 2. The number of rotatable bonds is 6. The number of carbonyl (C=O) groups excluding carboxylic acids is 2. The minimum atomic E-state index is -0.555. The summed E-state index contributed by atoms with van der Waals surface area (Å²) in [5, 5.41) is 6.61. The molecule has 0 N–H and O–H groups in total. The molecule has 3 amide bonds. The standard InChI is InChI=1S/C18H29N6O2/c1-6-7-8-9-10-11-23-17-19-15-14(24(17)13(3)12(2)20-23)16(25)22(5)18(26)21(15)4/h13-14H,6-11H2,1-5H3/q+1. The Morgan fingerprint density at radius 3 is 2.46 bits per heavy atom. The van der Waals surface area contributed by atoms with Crippen molar-refractivity contribution in [3.8, 4) is 0 Å². The molecule has 0 spiro atoms. The van der Waals surface area contributed by atoms with E-state index in [0.29, 0.717) is 11.8 Å². The normalized spacial score (nSPS) is 25.5. The lowest BCUT2D eigenvalue weighted by molar-refractivity contribution is -0.559. The second kappa shape index (κ2) is 7.17. The van der Waals surface area contributed by atoms with Crippen LogP contribution in [0.1, 0.15) is 52.9 Å². The summed E-state index contributed by atoms with van der Waals surface area (Å²) in [5.41, 5.74) is 0.953. The lowest BCUT2D eigenvalue weighted by Gasteiger charge is -2.33. The predicted molar refractivity (Wildman–Crippen MR) is 100 cm³/mol. The van der Waals surface area contributed by atoms with Crippen LogP contribution in [0.15, 0.2) is 10.1 Å². The number of likely N-dealkylation sites (N-methyl/N-ethyl adjacent to an activating group) is 2. The Balaban J connectivity index is 1.86. The summed E-state index contributed by atoms with van der Waals surface area (Å²) in [6, 6.07) is -0.936. The van der Waals surface area contributed by atoms with E-state index in [2.05, 4.69) is 11.9 Å². The number of carbonyl (C=O) groups is 2. The lowest BCUT2D eigenvalue weighted by atomic mass is 10.1. The highest BCUT2D eigenvalue weighted by atomic mass is 16.2. The van der Waals surface area contributed by atoms with Crippen molar-refractivity contribution in [2.24, 2.45) is 10.1 Å². The van der Waals surface area contributed by atoms with Gasteiger partial charge in [-0.05, 0) is 20.3 Å². The van der Waals surface area contributed by atoms with Gasteiger partial charge in [0.05, 0.1) is 12.3 Å². The molecule has 3 rings (SSSR count). The molecule has 142 valence electrons. The Hall–Kier alpha value is -2.25. The molecule has 8 nitrogen and oxygen atoms in total. The van der Waals surface area contributed by atoms with E-state index in [0.717, 1.165) is 25.1 Å². The molecule has 3 aliphatic rings. The first kappa shape index (κ1) is 18.5. The third kappa shape index (κ3) is 2.91. The molecule has 0 saturated carbocycles. The first-order chi connectivity index (χ1) is 12.4. The number of amidine groups is 1. The molecule has 26 heavy (non-hydrogen) atoms. The Morgan fingerprint density at radius 2 is 1.77 bits per heavy atom. The SMILES string of the molecule is CCCCCCCN1N=C(C)C(C)[N+]2=C1N=C1C2C(=O)N(C)C(=O)N1C. The van der Waals surface area contributed by atoms with E-state index in [1.165, 1.54) is 36.1 Å². The van der Waals surface area contributed by atoms with E-state index in [-0.39, 0.29) is 18.0 Å². The van der Waals surface area contributed by atoms with Crippen molar-refractivity contribution in [1.29, 1.82) is 0 Å². The van der Waals surface area contributed by atoms with Gasteiger partial charge in [-0.2, -0.15) is 0 Å². The van der Waals surface area contributed by atoms with Gasteiger partial charge in [0.25, 0.3) is 5.91 Å². The molecule has 2 unspecified atom stereocenters. The molecular formula is C18H29N6O2+. The number of unbranched alkanes of at least 4 members (excludes halogenated alkanes) is 4. The summed E-state index contributed by atoms with van der Waals surface area (Å²) >= 11 is 0. The van der Waals surface area contributed by atoms with Gasteiger partial charge in [0.2, 0.25) is 11.9 Å². The second-order valence-electron chi connectivity index (χ2n) is 7.27. The predicted octanol–water partition coefficient (Wildman–Crippen LogP) is 1.71. The molecule has 3 heterocycles. The number of hydrogen-bond donors (Lipinski definition) is 0. The van der Waals surface area contributed by atoms with Gasteiger partial charge in [-0.15, -0.1) is 10.1 Å². The molecule has 3 aliphatic heterocycles. The van der Waals surface area contributed by atoms with Crippen LogP contribution < -0.4 is 0 Å². The molecule has 0 aromatic rings. The fraction of sp³-hybridized carbons (Fsp3) is 0.722. The van der Waals surface area contributed by atoms with Crippen molar-refractivity contribution in [3.63, 3.8) is 0 Å². The van der Waals surface area contributed by atoms with E-state index in [1.54, 1.807) is 7.05 Å². The van der Waals surface area contributed by atoms with Crippen LogP contribution in [0.4, 0.5) is 4.79 Å². The molecule has 8 heteroatoms. The number of amides is 3. The lowest BCUT2D eigenvalue weighted by Crippen LogP contribution is -2.63. The Labute approximate surface area is 154 Å². The van der Waals surface area contributed by atoms with Crippen LogP contribution in [-0.4, -0.2) is 81.6 Å². The second-order valence-corrected chi connectivity index (χ2v) is 7.27. The zero-order chi connectivity index (χ0) is 19.0. The van der Waals surface area contributed by atoms with E-state index in [4.69, 9.17) is 5.10 Å². The summed E-state index contributed by atoms with van der Waals surface area (Å²) in [4.78, 5) is 32.4. The van der Waals surface area contributed by atoms with E-state index in [1.807, 2.05) is 23.4 Å². The van der Waals surface area contributed by atoms with E-state index >= 15 is 0 Å². The van der Waals surface area contributed by atoms with Crippen molar-refractivity contribution in [2.45, 2.75) is 65.0 Å². The molecule has 2 atom stereocenters. The first-order valence-corrected chi connectivity index (χ1v) is 9.50. The van der Waals surface area contributed by atoms with E-state index in [9.17, 15) is 9.59 Å². The van der Waals surface area contributed by atoms with Crippen LogP contribution in [0.2, 0.25) is 0 Å². The van der Waals surface area contributed by atoms with Crippen molar-refractivity contribution < 1.29 is 14.2 Å². The summed E-state index contributed by atoms with van der Waals surface area (Å²) < 4.78 is 2.01. The maximum Gasteiger partial charge on any atom is 0.416 e. The average molecular weight is 361 g/mol. The molecule has 1 saturated heterocycles. The van der Waals surface area contributed by atoms with E-state index < -0.39 is 6.04 Å².